The Balaban J connectivity index is 1.96. The van der Waals surface area contributed by atoms with Gasteiger partial charge in [0.15, 0.2) is 0 Å². The molecule has 0 saturated heterocycles. The Labute approximate surface area is 142 Å². The van der Waals surface area contributed by atoms with Crippen LogP contribution in [0.3, 0.4) is 0 Å². The summed E-state index contributed by atoms with van der Waals surface area (Å²) >= 11 is 3.44. The molecule has 0 bridgehead atoms. The van der Waals surface area contributed by atoms with Crippen LogP contribution in [-0.4, -0.2) is 24.8 Å². The fraction of sp³-hybridized carbons (Fsp3) is 0.200. The molecule has 0 aliphatic rings. The number of hydrogen-bond donors (Lipinski definition) is 0. The van der Waals surface area contributed by atoms with Crippen molar-refractivity contribution in [2.45, 2.75) is 13.5 Å². The first-order chi connectivity index (χ1) is 11.5. The molecule has 0 spiro atoms. The van der Waals surface area contributed by atoms with E-state index in [1.54, 1.807) is 30.6 Å². The molecule has 0 aliphatic carbocycles. The van der Waals surface area contributed by atoms with Crippen molar-refractivity contribution in [3.8, 4) is 11.4 Å². The quantitative estimate of drug-likeness (QED) is 0.695. The average molecular weight is 378 g/mol. The molecule has 7 nitrogen and oxygen atoms in total. The Morgan fingerprint density at radius 1 is 1.35 bits per heavy atom. The molecule has 0 N–H and O–H groups in total. The van der Waals surface area contributed by atoms with Gasteiger partial charge in [-0.1, -0.05) is 18.2 Å². The van der Waals surface area contributed by atoms with Gasteiger partial charge in [0, 0.05) is 23.3 Å². The summed E-state index contributed by atoms with van der Waals surface area (Å²) in [6.45, 7) is 2.09. The number of nitrogens with zero attached hydrogens (tertiary/aromatic N) is 5. The summed E-state index contributed by atoms with van der Waals surface area (Å²) in [6.07, 6.45) is 3.17. The standard InChI is InChI=1S/C15H14BrN5O2/c1-10-5-3-4-6-14(10)23-9-11-12(16)7-17-8-13(11)21-15(22)20(2)18-19-21/h3-8H,9H2,1-2H3/i3T. The molecule has 0 unspecified atom stereocenters. The zero-order valence-electron chi connectivity index (χ0n) is 13.5. The number of pyridine rings is 1. The fourth-order valence-corrected chi connectivity index (χ4v) is 2.49. The van der Waals surface area contributed by atoms with E-state index in [1.165, 1.54) is 11.7 Å². The van der Waals surface area contributed by atoms with Crippen LogP contribution in [0.2, 0.25) is 0 Å². The van der Waals surface area contributed by atoms with Gasteiger partial charge in [-0.05, 0) is 44.9 Å². The summed E-state index contributed by atoms with van der Waals surface area (Å²) in [4.78, 5) is 16.2. The molecule has 1 aromatic carbocycles. The SMILES string of the molecule is [3H]c1ccc(OCc2c(Br)cncc2-n2nnn(C)c2=O)c(C)c1. The van der Waals surface area contributed by atoms with Gasteiger partial charge in [0.25, 0.3) is 0 Å². The zero-order chi connectivity index (χ0) is 17.3. The predicted octanol–water partition coefficient (Wildman–Crippen LogP) is 2.01. The monoisotopic (exact) mass is 377 g/mol. The van der Waals surface area contributed by atoms with E-state index >= 15 is 0 Å². The Morgan fingerprint density at radius 3 is 2.87 bits per heavy atom. The van der Waals surface area contributed by atoms with Crippen molar-refractivity contribution < 1.29 is 6.11 Å². The van der Waals surface area contributed by atoms with Gasteiger partial charge in [-0.25, -0.2) is 4.79 Å². The van der Waals surface area contributed by atoms with E-state index in [0.717, 1.165) is 15.8 Å². The van der Waals surface area contributed by atoms with Gasteiger partial charge in [0.05, 0.1) is 13.3 Å². The highest BCUT2D eigenvalue weighted by Crippen LogP contribution is 2.24. The lowest BCUT2D eigenvalue weighted by Gasteiger charge is -2.12. The van der Waals surface area contributed by atoms with Crippen molar-refractivity contribution in [3.63, 3.8) is 0 Å². The van der Waals surface area contributed by atoms with Crippen LogP contribution in [-0.2, 0) is 13.7 Å². The molecule has 0 fully saturated rings. The van der Waals surface area contributed by atoms with Crippen molar-refractivity contribution in [1.82, 2.24) is 24.8 Å². The second-order valence-electron chi connectivity index (χ2n) is 4.90. The van der Waals surface area contributed by atoms with Crippen LogP contribution in [0.4, 0.5) is 0 Å². The molecule has 8 heteroatoms. The highest BCUT2D eigenvalue weighted by molar-refractivity contribution is 9.10. The van der Waals surface area contributed by atoms with Crippen molar-refractivity contribution >= 4 is 15.9 Å². The van der Waals surface area contributed by atoms with E-state index in [9.17, 15) is 4.79 Å². The van der Waals surface area contributed by atoms with Gasteiger partial charge in [0.2, 0.25) is 0 Å². The van der Waals surface area contributed by atoms with Crippen LogP contribution in [0.15, 0.2) is 45.9 Å². The van der Waals surface area contributed by atoms with Crippen LogP contribution < -0.4 is 10.4 Å². The van der Waals surface area contributed by atoms with Gasteiger partial charge in [0.1, 0.15) is 12.4 Å². The average Bonchev–Trinajstić information content (AvgIpc) is 2.87. The second-order valence-corrected chi connectivity index (χ2v) is 5.75. The molecule has 0 saturated carbocycles. The van der Waals surface area contributed by atoms with Crippen molar-refractivity contribution in [2.24, 2.45) is 7.05 Å². The number of benzene rings is 1. The summed E-state index contributed by atoms with van der Waals surface area (Å²) in [5.41, 5.74) is 1.72. The molecule has 23 heavy (non-hydrogen) atoms. The topological polar surface area (TPSA) is 74.8 Å². The number of rotatable bonds is 4. The van der Waals surface area contributed by atoms with E-state index in [-0.39, 0.29) is 12.3 Å². The molecular weight excluding hydrogens is 362 g/mol. The molecule has 3 aromatic rings. The Morgan fingerprint density at radius 2 is 2.17 bits per heavy atom. The zero-order valence-corrected chi connectivity index (χ0v) is 14.1. The molecule has 3 rings (SSSR count). The van der Waals surface area contributed by atoms with Gasteiger partial charge in [-0.15, -0.1) is 0 Å². The molecule has 2 aromatic heterocycles. The molecule has 118 valence electrons. The first-order valence-electron chi connectivity index (χ1n) is 7.29. The fourth-order valence-electron chi connectivity index (χ4n) is 2.05. The van der Waals surface area contributed by atoms with Crippen molar-refractivity contribution in [1.29, 1.82) is 0 Å². The maximum absolute atomic E-state index is 12.1. The van der Waals surface area contributed by atoms with E-state index in [0.29, 0.717) is 22.0 Å². The largest absolute Gasteiger partial charge is 0.489 e. The van der Waals surface area contributed by atoms with E-state index < -0.39 is 0 Å². The van der Waals surface area contributed by atoms with E-state index in [2.05, 4.69) is 31.3 Å². The molecular formula is C15H14BrN5O2. The number of para-hydroxylation sites is 1. The predicted molar refractivity (Wildman–Crippen MR) is 87.6 cm³/mol. The third-order valence-corrected chi connectivity index (χ3v) is 4.01. The Hall–Kier alpha value is -2.48. The summed E-state index contributed by atoms with van der Waals surface area (Å²) in [5.74, 6) is 0.673. The third-order valence-electron chi connectivity index (χ3n) is 3.32. The number of halogens is 1. The first kappa shape index (κ1) is 14.1. The first-order valence-corrected chi connectivity index (χ1v) is 7.58. The summed E-state index contributed by atoms with van der Waals surface area (Å²) in [5, 5.41) is 7.57. The molecule has 2 heterocycles. The lowest BCUT2D eigenvalue weighted by molar-refractivity contribution is 0.302. The number of aromatic nitrogens is 5. The number of hydrogen-bond acceptors (Lipinski definition) is 5. The molecule has 0 amide bonds. The molecule has 0 radical (unpaired) electrons. The van der Waals surface area contributed by atoms with Gasteiger partial charge in [-0.3, -0.25) is 4.98 Å². The smallest absolute Gasteiger partial charge is 0.368 e. The normalized spacial score (nSPS) is 11.3. The molecule has 0 aliphatic heterocycles. The van der Waals surface area contributed by atoms with E-state index in [1.807, 2.05) is 6.92 Å². The summed E-state index contributed by atoms with van der Waals surface area (Å²) < 4.78 is 16.5. The van der Waals surface area contributed by atoms with E-state index in [4.69, 9.17) is 6.11 Å². The lowest BCUT2D eigenvalue weighted by Crippen LogP contribution is -2.23. The summed E-state index contributed by atoms with van der Waals surface area (Å²) in [7, 11) is 1.53. The van der Waals surface area contributed by atoms with Crippen molar-refractivity contribution in [2.75, 3.05) is 0 Å². The van der Waals surface area contributed by atoms with Crippen LogP contribution >= 0.6 is 15.9 Å². The van der Waals surface area contributed by atoms with Crippen LogP contribution in [0, 0.1) is 6.92 Å². The maximum Gasteiger partial charge on any atom is 0.368 e. The second kappa shape index (κ2) is 6.33. The highest BCUT2D eigenvalue weighted by atomic mass is 79.9. The summed E-state index contributed by atoms with van der Waals surface area (Å²) in [6, 6.07) is 5.57. The number of aryl methyl sites for hydroxylation is 2. The number of tetrazole rings is 1. The molecule has 0 atom stereocenters. The third kappa shape index (κ3) is 3.02. The lowest BCUT2D eigenvalue weighted by atomic mass is 10.2. The Kier molecular flexibility index (Phi) is 3.89. The minimum atomic E-state index is -0.370. The van der Waals surface area contributed by atoms with Crippen LogP contribution in [0.5, 0.6) is 5.75 Å². The van der Waals surface area contributed by atoms with Crippen molar-refractivity contribution in [3.05, 3.63) is 62.7 Å². The van der Waals surface area contributed by atoms with Gasteiger partial charge >= 0.3 is 5.69 Å². The Bertz CT molecular complexity index is 953. The number of ether oxygens (including phenoxy) is 1. The maximum atomic E-state index is 12.1. The minimum Gasteiger partial charge on any atom is -0.489 e. The van der Waals surface area contributed by atoms with Crippen LogP contribution in [0.1, 0.15) is 12.5 Å². The van der Waals surface area contributed by atoms with Gasteiger partial charge < -0.3 is 4.74 Å². The van der Waals surface area contributed by atoms with Crippen LogP contribution in [0.25, 0.3) is 5.69 Å². The minimum absolute atomic E-state index is 0.208. The highest BCUT2D eigenvalue weighted by Gasteiger charge is 2.15. The van der Waals surface area contributed by atoms with Gasteiger partial charge in [-0.2, -0.15) is 9.36 Å².